The molecule has 142 valence electrons. The van der Waals surface area contributed by atoms with Crippen LogP contribution >= 0.6 is 0 Å². The number of hydrogen-bond acceptors (Lipinski definition) is 2. The van der Waals surface area contributed by atoms with E-state index in [4.69, 9.17) is 10.6 Å². The van der Waals surface area contributed by atoms with E-state index in [1.807, 2.05) is 60.7 Å². The average Bonchev–Trinajstić information content (AvgIpc) is 3.40. The van der Waals surface area contributed by atoms with Crippen molar-refractivity contribution in [3.63, 3.8) is 0 Å². The fourth-order valence-corrected chi connectivity index (χ4v) is 3.52. The van der Waals surface area contributed by atoms with Crippen LogP contribution in [0.3, 0.4) is 0 Å². The van der Waals surface area contributed by atoms with E-state index in [9.17, 15) is 10.2 Å². The number of hydrogen-bond donors (Lipinski definition) is 0. The van der Waals surface area contributed by atoms with E-state index in [0.29, 0.717) is 11.1 Å². The zero-order chi connectivity index (χ0) is 19.3. The van der Waals surface area contributed by atoms with Gasteiger partial charge < -0.3 is 20.8 Å². The van der Waals surface area contributed by atoms with Crippen LogP contribution in [0.25, 0.3) is 10.6 Å². The molecule has 0 aromatic heterocycles. The van der Waals surface area contributed by atoms with E-state index in [2.05, 4.69) is 0 Å². The molecule has 0 bridgehead atoms. The molecule has 0 radical (unpaired) electrons. The van der Waals surface area contributed by atoms with E-state index >= 15 is 0 Å². The van der Waals surface area contributed by atoms with Gasteiger partial charge >= 0.3 is 0 Å². The van der Waals surface area contributed by atoms with Crippen LogP contribution < -0.4 is 10.2 Å². The largest absolute Gasteiger partial charge is 0.872 e. The highest BCUT2D eigenvalue weighted by atomic mass is 16.3. The molecule has 0 aliphatic heterocycles. The highest BCUT2D eigenvalue weighted by molar-refractivity contribution is 5.48. The van der Waals surface area contributed by atoms with Crippen molar-refractivity contribution in [3.05, 3.63) is 119 Å². The van der Waals surface area contributed by atoms with Gasteiger partial charge in [0, 0.05) is 0 Å². The molecular formula is C24H20N2O2-4. The maximum absolute atomic E-state index is 12.6. The monoisotopic (exact) mass is 368 g/mol. The van der Waals surface area contributed by atoms with Crippen molar-refractivity contribution in [2.45, 2.75) is 24.2 Å². The third-order valence-electron chi connectivity index (χ3n) is 4.90. The predicted octanol–water partition coefficient (Wildman–Crippen LogP) is 4.35. The second-order valence-electron chi connectivity index (χ2n) is 6.78. The predicted molar refractivity (Wildman–Crippen MR) is 108 cm³/mol. The molecule has 0 fully saturated rings. The molecule has 0 saturated heterocycles. The van der Waals surface area contributed by atoms with Crippen molar-refractivity contribution in [1.82, 2.24) is 0 Å². The quantitative estimate of drug-likeness (QED) is 0.728. The van der Waals surface area contributed by atoms with E-state index in [0.717, 1.165) is 0 Å². The summed E-state index contributed by atoms with van der Waals surface area (Å²) in [5, 5.41) is 35.1. The Balaban J connectivity index is 1.77. The fourth-order valence-electron chi connectivity index (χ4n) is 3.52. The van der Waals surface area contributed by atoms with Gasteiger partial charge in [-0.3, -0.25) is 0 Å². The first-order valence-electron chi connectivity index (χ1n) is 9.34. The molecule has 0 amide bonds. The van der Waals surface area contributed by atoms with Gasteiger partial charge in [-0.05, 0) is 0 Å². The lowest BCUT2D eigenvalue weighted by atomic mass is 9.90. The molecule has 2 aromatic rings. The molecular weight excluding hydrogens is 348 g/mol. The number of para-hydroxylation sites is 2. The Morgan fingerprint density at radius 2 is 0.929 bits per heavy atom. The van der Waals surface area contributed by atoms with Crippen LogP contribution in [0.5, 0.6) is 11.5 Å². The van der Waals surface area contributed by atoms with Crippen LogP contribution in [0.4, 0.5) is 0 Å². The molecule has 2 aliphatic rings. The summed E-state index contributed by atoms with van der Waals surface area (Å²) >= 11 is 0. The second kappa shape index (κ2) is 8.30. The van der Waals surface area contributed by atoms with Crippen LogP contribution in [-0.4, -0.2) is 12.1 Å². The molecule has 0 spiro atoms. The second-order valence-corrected chi connectivity index (χ2v) is 6.78. The summed E-state index contributed by atoms with van der Waals surface area (Å²) in [5.74, 6) is -0.188. The Kier molecular flexibility index (Phi) is 5.42. The van der Waals surface area contributed by atoms with Gasteiger partial charge in [-0.25, -0.2) is 0 Å². The Morgan fingerprint density at radius 3 is 1.29 bits per heavy atom. The summed E-state index contributed by atoms with van der Waals surface area (Å²) in [5.41, 5.74) is 1.11. The minimum atomic E-state index is -0.552. The Hall–Kier alpha value is -3.08. The SMILES string of the molecule is [O-]c1ccccc1C([N-]C1C=CC=C1)C([N-]C1C=CC=C1)c1ccccc1[O-]. The Labute approximate surface area is 165 Å². The Morgan fingerprint density at radius 1 is 0.571 bits per heavy atom. The van der Waals surface area contributed by atoms with Crippen molar-refractivity contribution in [1.29, 1.82) is 0 Å². The van der Waals surface area contributed by atoms with Crippen LogP contribution in [0.2, 0.25) is 0 Å². The molecule has 2 aromatic carbocycles. The summed E-state index contributed by atoms with van der Waals surface area (Å²) < 4.78 is 0. The summed E-state index contributed by atoms with van der Waals surface area (Å²) in [6.45, 7) is 0. The third-order valence-corrected chi connectivity index (χ3v) is 4.90. The fraction of sp³-hybridized carbons (Fsp3) is 0.167. The van der Waals surface area contributed by atoms with E-state index < -0.39 is 12.1 Å². The number of benzene rings is 2. The molecule has 4 rings (SSSR count). The number of rotatable bonds is 7. The molecule has 28 heavy (non-hydrogen) atoms. The van der Waals surface area contributed by atoms with Gasteiger partial charge in [0.1, 0.15) is 0 Å². The lowest BCUT2D eigenvalue weighted by molar-refractivity contribution is -0.271. The van der Waals surface area contributed by atoms with Crippen molar-refractivity contribution in [2.75, 3.05) is 0 Å². The molecule has 2 unspecified atom stereocenters. The van der Waals surface area contributed by atoms with Gasteiger partial charge in [0.25, 0.3) is 0 Å². The van der Waals surface area contributed by atoms with Gasteiger partial charge in [0.05, 0.1) is 0 Å². The zero-order valence-electron chi connectivity index (χ0n) is 15.3. The van der Waals surface area contributed by atoms with Crippen LogP contribution in [0, 0.1) is 0 Å². The van der Waals surface area contributed by atoms with Crippen molar-refractivity contribution >= 4 is 0 Å². The van der Waals surface area contributed by atoms with Crippen molar-refractivity contribution < 1.29 is 10.2 Å². The highest BCUT2D eigenvalue weighted by Gasteiger charge is 2.15. The minimum Gasteiger partial charge on any atom is -0.872 e. The first kappa shape index (κ1) is 18.3. The van der Waals surface area contributed by atoms with Crippen LogP contribution in [-0.2, 0) is 0 Å². The highest BCUT2D eigenvalue weighted by Crippen LogP contribution is 2.47. The minimum absolute atomic E-state index is 0.0942. The molecule has 4 heteroatoms. The van der Waals surface area contributed by atoms with E-state index in [1.165, 1.54) is 12.1 Å². The molecule has 0 heterocycles. The Bertz CT molecular complexity index is 844. The topological polar surface area (TPSA) is 74.3 Å². The van der Waals surface area contributed by atoms with Gasteiger partial charge in [0.15, 0.2) is 0 Å². The van der Waals surface area contributed by atoms with Crippen molar-refractivity contribution in [3.8, 4) is 11.5 Å². The maximum atomic E-state index is 12.6. The number of allylic oxidation sites excluding steroid dienone is 4. The molecule has 2 aliphatic carbocycles. The summed E-state index contributed by atoms with van der Waals surface area (Å²) in [7, 11) is 0. The van der Waals surface area contributed by atoms with Crippen molar-refractivity contribution in [2.24, 2.45) is 0 Å². The van der Waals surface area contributed by atoms with Crippen LogP contribution in [0.1, 0.15) is 23.2 Å². The summed E-state index contributed by atoms with van der Waals surface area (Å²) in [4.78, 5) is 0. The van der Waals surface area contributed by atoms with Crippen LogP contribution in [0.15, 0.2) is 97.1 Å². The standard InChI is InChI=1S/C24H22N2O2/c27-21-15-7-5-13-19(21)23(25-17-9-1-2-10-17)24(26-18-11-3-4-12-18)20-14-6-8-16-22(20)28/h1-18,23-24,27-28H/q-2/p-2. The smallest absolute Gasteiger partial charge is 0.0612 e. The van der Waals surface area contributed by atoms with E-state index in [-0.39, 0.29) is 23.6 Å². The third kappa shape index (κ3) is 3.93. The van der Waals surface area contributed by atoms with Gasteiger partial charge in [-0.1, -0.05) is 120 Å². The maximum Gasteiger partial charge on any atom is -0.0612 e. The molecule has 4 nitrogen and oxygen atoms in total. The first-order valence-corrected chi connectivity index (χ1v) is 9.34. The lowest BCUT2D eigenvalue weighted by Crippen LogP contribution is -2.19. The molecule has 0 N–H and O–H groups in total. The van der Waals surface area contributed by atoms with E-state index in [1.54, 1.807) is 24.3 Å². The molecule has 0 saturated carbocycles. The normalized spacial score (nSPS) is 18.1. The zero-order valence-corrected chi connectivity index (χ0v) is 15.3. The average molecular weight is 368 g/mol. The number of nitrogens with zero attached hydrogens (tertiary/aromatic N) is 2. The van der Waals surface area contributed by atoms with Gasteiger partial charge in [0.2, 0.25) is 0 Å². The van der Waals surface area contributed by atoms with Gasteiger partial charge in [-0.15, -0.1) is 23.6 Å². The first-order chi connectivity index (χ1) is 13.7. The van der Waals surface area contributed by atoms with Gasteiger partial charge in [-0.2, -0.15) is 0 Å². The summed E-state index contributed by atoms with van der Waals surface area (Å²) in [6.07, 6.45) is 15.6. The summed E-state index contributed by atoms with van der Waals surface area (Å²) in [6, 6.07) is 12.3. The molecule has 2 atom stereocenters. The lowest BCUT2D eigenvalue weighted by Gasteiger charge is -2.52.